The highest BCUT2D eigenvalue weighted by Gasteiger charge is 2.23. The molecule has 0 atom stereocenters. The van der Waals surface area contributed by atoms with Gasteiger partial charge in [0, 0.05) is 19.6 Å². The van der Waals surface area contributed by atoms with E-state index in [1.807, 2.05) is 23.1 Å². The fourth-order valence-corrected chi connectivity index (χ4v) is 2.59. The predicted molar refractivity (Wildman–Crippen MR) is 79.5 cm³/mol. The van der Waals surface area contributed by atoms with Crippen molar-refractivity contribution in [3.05, 3.63) is 35.4 Å². The van der Waals surface area contributed by atoms with Crippen LogP contribution in [-0.2, 0) is 16.0 Å². The Labute approximate surface area is 120 Å². The number of amides is 1. The number of hydrogen-bond donors (Lipinski definition) is 1. The lowest BCUT2D eigenvalue weighted by molar-refractivity contribution is -0.133. The first-order valence-electron chi connectivity index (χ1n) is 7.34. The van der Waals surface area contributed by atoms with Crippen molar-refractivity contribution in [2.75, 3.05) is 26.2 Å². The second kappa shape index (κ2) is 7.41. The molecule has 1 fully saturated rings. The molecule has 0 aliphatic carbocycles. The number of aryl methyl sites for hydroxylation is 1. The van der Waals surface area contributed by atoms with Gasteiger partial charge in [0.05, 0.1) is 19.1 Å². The largest absolute Gasteiger partial charge is 0.377 e. The summed E-state index contributed by atoms with van der Waals surface area (Å²) in [6.07, 6.45) is 2.60. The summed E-state index contributed by atoms with van der Waals surface area (Å²) in [5.74, 6) is 0.219. The van der Waals surface area contributed by atoms with Crippen molar-refractivity contribution in [2.24, 2.45) is 5.73 Å². The zero-order chi connectivity index (χ0) is 14.4. The number of nitrogens with zero attached hydrogens (tertiary/aromatic N) is 1. The molecular weight excluding hydrogens is 252 g/mol. The average Bonchev–Trinajstić information content (AvgIpc) is 2.48. The monoisotopic (exact) mass is 276 g/mol. The van der Waals surface area contributed by atoms with Crippen LogP contribution in [0.1, 0.15) is 24.0 Å². The van der Waals surface area contributed by atoms with Crippen molar-refractivity contribution in [3.8, 4) is 0 Å². The summed E-state index contributed by atoms with van der Waals surface area (Å²) in [6.45, 7) is 4.81. The number of likely N-dealkylation sites (tertiary alicyclic amines) is 1. The topological polar surface area (TPSA) is 55.6 Å². The van der Waals surface area contributed by atoms with E-state index < -0.39 is 0 Å². The third-order valence-electron chi connectivity index (χ3n) is 3.87. The second-order valence-corrected chi connectivity index (χ2v) is 5.34. The maximum atomic E-state index is 12.3. The second-order valence-electron chi connectivity index (χ2n) is 5.34. The summed E-state index contributed by atoms with van der Waals surface area (Å²) in [5.41, 5.74) is 7.74. The minimum Gasteiger partial charge on any atom is -0.377 e. The minimum atomic E-state index is 0.219. The Morgan fingerprint density at radius 3 is 2.70 bits per heavy atom. The molecule has 1 amide bonds. The van der Waals surface area contributed by atoms with Gasteiger partial charge in [0.1, 0.15) is 0 Å². The van der Waals surface area contributed by atoms with Crippen molar-refractivity contribution >= 4 is 5.91 Å². The number of rotatable bonds is 5. The molecule has 1 aliphatic heterocycles. The first-order valence-corrected chi connectivity index (χ1v) is 7.34. The van der Waals surface area contributed by atoms with Gasteiger partial charge in [-0.05, 0) is 30.9 Å². The summed E-state index contributed by atoms with van der Waals surface area (Å²) >= 11 is 0. The molecule has 20 heavy (non-hydrogen) atoms. The number of ether oxygens (including phenoxy) is 1. The maximum absolute atomic E-state index is 12.3. The zero-order valence-corrected chi connectivity index (χ0v) is 12.2. The van der Waals surface area contributed by atoms with Crippen molar-refractivity contribution in [1.82, 2.24) is 4.90 Å². The number of carbonyl (C=O) groups is 1. The van der Waals surface area contributed by atoms with Crippen LogP contribution in [0.25, 0.3) is 0 Å². The van der Waals surface area contributed by atoms with E-state index >= 15 is 0 Å². The predicted octanol–water partition coefficient (Wildman–Crippen LogP) is 1.50. The number of carbonyl (C=O) groups excluding carboxylic acids is 1. The lowest BCUT2D eigenvalue weighted by Gasteiger charge is -2.32. The third kappa shape index (κ3) is 4.05. The van der Waals surface area contributed by atoms with E-state index in [1.165, 1.54) is 5.56 Å². The molecular formula is C16H24N2O2. The molecule has 1 aliphatic rings. The van der Waals surface area contributed by atoms with Gasteiger partial charge in [-0.2, -0.15) is 0 Å². The molecule has 4 heteroatoms. The number of piperidine rings is 1. The molecule has 0 aromatic heterocycles. The van der Waals surface area contributed by atoms with E-state index in [2.05, 4.69) is 13.0 Å². The standard InChI is InChI=1S/C16H24N2O2/c1-13-4-2-3-5-14(13)12-16(19)18-9-6-15(7-10-18)20-11-8-17/h2-5,15H,6-12,17H2,1H3. The van der Waals surface area contributed by atoms with Crippen LogP contribution in [0.4, 0.5) is 0 Å². The Hall–Kier alpha value is -1.39. The Morgan fingerprint density at radius 1 is 1.35 bits per heavy atom. The molecule has 0 radical (unpaired) electrons. The van der Waals surface area contributed by atoms with Crippen molar-refractivity contribution in [1.29, 1.82) is 0 Å². The van der Waals surface area contributed by atoms with Crippen LogP contribution in [0.2, 0.25) is 0 Å². The molecule has 1 heterocycles. The lowest BCUT2D eigenvalue weighted by Crippen LogP contribution is -2.42. The molecule has 110 valence electrons. The van der Waals surface area contributed by atoms with Gasteiger partial charge in [-0.1, -0.05) is 24.3 Å². The van der Waals surface area contributed by atoms with Gasteiger partial charge in [-0.25, -0.2) is 0 Å². The van der Waals surface area contributed by atoms with Crippen LogP contribution in [0.15, 0.2) is 24.3 Å². The number of benzene rings is 1. The Morgan fingerprint density at radius 2 is 2.05 bits per heavy atom. The van der Waals surface area contributed by atoms with Crippen LogP contribution < -0.4 is 5.73 Å². The molecule has 1 saturated heterocycles. The van der Waals surface area contributed by atoms with Gasteiger partial charge >= 0.3 is 0 Å². The van der Waals surface area contributed by atoms with Crippen molar-refractivity contribution in [2.45, 2.75) is 32.3 Å². The van der Waals surface area contributed by atoms with Crippen molar-refractivity contribution in [3.63, 3.8) is 0 Å². The first-order chi connectivity index (χ1) is 9.70. The summed E-state index contributed by atoms with van der Waals surface area (Å²) in [5, 5.41) is 0. The molecule has 0 bridgehead atoms. The highest BCUT2D eigenvalue weighted by atomic mass is 16.5. The first kappa shape index (κ1) is 15.0. The summed E-state index contributed by atoms with van der Waals surface area (Å²) in [4.78, 5) is 14.3. The summed E-state index contributed by atoms with van der Waals surface area (Å²) < 4.78 is 5.63. The average molecular weight is 276 g/mol. The molecule has 4 nitrogen and oxygen atoms in total. The van der Waals surface area contributed by atoms with Gasteiger partial charge < -0.3 is 15.4 Å². The Bertz CT molecular complexity index is 440. The van der Waals surface area contributed by atoms with Crippen LogP contribution in [-0.4, -0.2) is 43.2 Å². The van der Waals surface area contributed by atoms with Crippen LogP contribution in [0, 0.1) is 6.92 Å². The van der Waals surface area contributed by atoms with Gasteiger partial charge in [-0.3, -0.25) is 4.79 Å². The lowest BCUT2D eigenvalue weighted by atomic mass is 10.0. The number of hydrogen-bond acceptors (Lipinski definition) is 3. The molecule has 0 spiro atoms. The minimum absolute atomic E-state index is 0.219. The van der Waals surface area contributed by atoms with Gasteiger partial charge in [0.25, 0.3) is 0 Å². The Balaban J connectivity index is 1.82. The SMILES string of the molecule is Cc1ccccc1CC(=O)N1CCC(OCCN)CC1. The quantitative estimate of drug-likeness (QED) is 0.887. The zero-order valence-electron chi connectivity index (χ0n) is 12.2. The highest BCUT2D eigenvalue weighted by Crippen LogP contribution is 2.16. The third-order valence-corrected chi connectivity index (χ3v) is 3.87. The normalized spacial score (nSPS) is 16.4. The van der Waals surface area contributed by atoms with Gasteiger partial charge in [0.2, 0.25) is 5.91 Å². The van der Waals surface area contributed by atoms with Gasteiger partial charge in [0.15, 0.2) is 0 Å². The fraction of sp³-hybridized carbons (Fsp3) is 0.562. The van der Waals surface area contributed by atoms with E-state index in [-0.39, 0.29) is 12.0 Å². The van der Waals surface area contributed by atoms with Crippen LogP contribution >= 0.6 is 0 Å². The van der Waals surface area contributed by atoms with Gasteiger partial charge in [-0.15, -0.1) is 0 Å². The van der Waals surface area contributed by atoms with E-state index in [0.29, 0.717) is 19.6 Å². The molecule has 0 unspecified atom stereocenters. The van der Waals surface area contributed by atoms with E-state index in [9.17, 15) is 4.79 Å². The summed E-state index contributed by atoms with van der Waals surface area (Å²) in [7, 11) is 0. The molecule has 1 aromatic carbocycles. The van der Waals surface area contributed by atoms with E-state index in [4.69, 9.17) is 10.5 Å². The van der Waals surface area contributed by atoms with E-state index in [1.54, 1.807) is 0 Å². The molecule has 2 N–H and O–H groups in total. The molecule has 0 saturated carbocycles. The summed E-state index contributed by atoms with van der Waals surface area (Å²) in [6, 6.07) is 8.08. The fourth-order valence-electron chi connectivity index (χ4n) is 2.59. The highest BCUT2D eigenvalue weighted by molar-refractivity contribution is 5.79. The smallest absolute Gasteiger partial charge is 0.227 e. The van der Waals surface area contributed by atoms with Crippen LogP contribution in [0.3, 0.4) is 0 Å². The van der Waals surface area contributed by atoms with E-state index in [0.717, 1.165) is 31.5 Å². The maximum Gasteiger partial charge on any atom is 0.227 e. The number of nitrogens with two attached hydrogens (primary N) is 1. The van der Waals surface area contributed by atoms with Crippen LogP contribution in [0.5, 0.6) is 0 Å². The molecule has 2 rings (SSSR count). The van der Waals surface area contributed by atoms with Crippen molar-refractivity contribution < 1.29 is 9.53 Å². The molecule has 1 aromatic rings. The Kier molecular flexibility index (Phi) is 5.56.